The number of benzene rings is 2. The van der Waals surface area contributed by atoms with E-state index in [1.54, 1.807) is 23.0 Å². The molecule has 0 radical (unpaired) electrons. The van der Waals surface area contributed by atoms with Gasteiger partial charge in [0.15, 0.2) is 11.5 Å². The smallest absolute Gasteiger partial charge is 0.237 e. The second-order valence-corrected chi connectivity index (χ2v) is 5.64. The van der Waals surface area contributed by atoms with Gasteiger partial charge in [0.2, 0.25) is 5.88 Å². The van der Waals surface area contributed by atoms with Crippen molar-refractivity contribution < 1.29 is 4.74 Å². The molecule has 0 aliphatic rings. The molecule has 0 unspecified atom stereocenters. The van der Waals surface area contributed by atoms with Gasteiger partial charge in [0, 0.05) is 30.1 Å². The van der Waals surface area contributed by atoms with Crippen LogP contribution in [0.2, 0.25) is 0 Å². The van der Waals surface area contributed by atoms with Crippen molar-refractivity contribution in [3.63, 3.8) is 0 Å². The van der Waals surface area contributed by atoms with Crippen molar-refractivity contribution in [1.29, 1.82) is 0 Å². The summed E-state index contributed by atoms with van der Waals surface area (Å²) in [7, 11) is 0. The lowest BCUT2D eigenvalue weighted by atomic mass is 10.2. The van der Waals surface area contributed by atoms with E-state index in [1.807, 2.05) is 54.6 Å². The molecule has 5 rings (SSSR count). The first kappa shape index (κ1) is 14.5. The Labute approximate surface area is 147 Å². The van der Waals surface area contributed by atoms with E-state index in [9.17, 15) is 0 Å². The predicted molar refractivity (Wildman–Crippen MR) is 95.8 cm³/mol. The number of ether oxygens (including phenoxy) is 1. The first-order valence-electron chi connectivity index (χ1n) is 8.03. The van der Waals surface area contributed by atoms with Crippen molar-refractivity contribution in [3.05, 3.63) is 73.1 Å². The molecular weight excluding hydrogens is 328 g/mol. The minimum Gasteiger partial charge on any atom is -0.438 e. The van der Waals surface area contributed by atoms with E-state index >= 15 is 0 Å². The molecule has 0 amide bonds. The molecule has 0 aliphatic carbocycles. The van der Waals surface area contributed by atoms with Crippen LogP contribution in [0, 0.1) is 0 Å². The third kappa shape index (κ3) is 2.51. The van der Waals surface area contributed by atoms with Gasteiger partial charge in [-0.1, -0.05) is 30.3 Å². The average Bonchev–Trinajstić information content (AvgIpc) is 3.12. The first-order chi connectivity index (χ1) is 12.9. The molecule has 0 fully saturated rings. The Morgan fingerprint density at radius 1 is 0.769 bits per heavy atom. The Kier molecular flexibility index (Phi) is 3.28. The highest BCUT2D eigenvalue weighted by molar-refractivity contribution is 5.75. The number of aromatic nitrogens is 6. The Hall–Kier alpha value is -3.87. The van der Waals surface area contributed by atoms with Gasteiger partial charge in [-0.25, -0.2) is 0 Å². The van der Waals surface area contributed by atoms with Gasteiger partial charge in [-0.05, 0) is 18.2 Å². The quantitative estimate of drug-likeness (QED) is 0.500. The summed E-state index contributed by atoms with van der Waals surface area (Å²) in [5.41, 5.74) is 3.17. The van der Waals surface area contributed by atoms with E-state index in [0.29, 0.717) is 23.1 Å². The lowest BCUT2D eigenvalue weighted by Gasteiger charge is -2.06. The monoisotopic (exact) mass is 340 g/mol. The molecule has 3 heterocycles. The number of nitrogens with zero attached hydrogens (tertiary/aromatic N) is 6. The van der Waals surface area contributed by atoms with Crippen LogP contribution in [0.1, 0.15) is 0 Å². The largest absolute Gasteiger partial charge is 0.438 e. The fraction of sp³-hybridized carbons (Fsp3) is 0. The summed E-state index contributed by atoms with van der Waals surface area (Å²) in [6.45, 7) is 0. The van der Waals surface area contributed by atoms with E-state index in [1.165, 1.54) is 0 Å². The molecule has 5 aromatic rings. The number of hydrogen-bond donors (Lipinski definition) is 0. The van der Waals surface area contributed by atoms with Crippen LogP contribution < -0.4 is 4.74 Å². The Morgan fingerprint density at radius 3 is 2.50 bits per heavy atom. The summed E-state index contributed by atoms with van der Waals surface area (Å²) in [5, 5.41) is 12.9. The van der Waals surface area contributed by atoms with Gasteiger partial charge in [0.25, 0.3) is 0 Å². The zero-order valence-electron chi connectivity index (χ0n) is 13.5. The van der Waals surface area contributed by atoms with Crippen molar-refractivity contribution >= 4 is 16.7 Å². The molecule has 0 saturated heterocycles. The molecular formula is C19H12N6O. The number of hydrogen-bond acceptors (Lipinski definition) is 6. The van der Waals surface area contributed by atoms with Crippen molar-refractivity contribution in [3.8, 4) is 23.0 Å². The van der Waals surface area contributed by atoms with Crippen LogP contribution in [0.15, 0.2) is 73.1 Å². The van der Waals surface area contributed by atoms with Crippen molar-refractivity contribution in [2.24, 2.45) is 0 Å². The fourth-order valence-electron chi connectivity index (χ4n) is 2.72. The number of rotatable bonds is 3. The minimum absolute atomic E-state index is 0.442. The maximum absolute atomic E-state index is 5.90. The molecule has 124 valence electrons. The molecule has 0 atom stereocenters. The summed E-state index contributed by atoms with van der Waals surface area (Å²) in [5.74, 6) is 1.74. The summed E-state index contributed by atoms with van der Waals surface area (Å²) in [6, 6.07) is 18.9. The Bertz CT molecular complexity index is 1220. The van der Waals surface area contributed by atoms with Crippen LogP contribution in [-0.2, 0) is 0 Å². The Morgan fingerprint density at radius 2 is 1.62 bits per heavy atom. The van der Waals surface area contributed by atoms with Crippen LogP contribution in [0.5, 0.6) is 11.6 Å². The molecule has 0 spiro atoms. The summed E-state index contributed by atoms with van der Waals surface area (Å²) in [6.07, 6.45) is 3.31. The molecule has 7 nitrogen and oxygen atoms in total. The first-order valence-corrected chi connectivity index (χ1v) is 8.03. The van der Waals surface area contributed by atoms with Crippen LogP contribution in [0.4, 0.5) is 0 Å². The molecule has 0 aliphatic heterocycles. The van der Waals surface area contributed by atoms with Gasteiger partial charge >= 0.3 is 0 Å². The van der Waals surface area contributed by atoms with Gasteiger partial charge in [0.05, 0.1) is 11.0 Å². The molecule has 3 aromatic heterocycles. The predicted octanol–water partition coefficient (Wildman–Crippen LogP) is 3.53. The van der Waals surface area contributed by atoms with E-state index in [0.717, 1.165) is 16.6 Å². The highest BCUT2D eigenvalue weighted by Gasteiger charge is 2.10. The second kappa shape index (κ2) is 5.89. The summed E-state index contributed by atoms with van der Waals surface area (Å²) >= 11 is 0. The molecule has 0 saturated carbocycles. The molecule has 2 aromatic carbocycles. The van der Waals surface area contributed by atoms with Gasteiger partial charge in [-0.15, -0.1) is 15.3 Å². The molecule has 0 bridgehead atoms. The van der Waals surface area contributed by atoms with Crippen molar-refractivity contribution in [2.75, 3.05) is 0 Å². The number of fused-ring (bicyclic) bond motifs is 2. The summed E-state index contributed by atoms with van der Waals surface area (Å²) < 4.78 is 7.57. The molecule has 0 N–H and O–H groups in total. The van der Waals surface area contributed by atoms with E-state index < -0.39 is 0 Å². The maximum atomic E-state index is 5.90. The highest BCUT2D eigenvalue weighted by Crippen LogP contribution is 2.24. The second-order valence-electron chi connectivity index (χ2n) is 5.64. The van der Waals surface area contributed by atoms with Crippen LogP contribution in [0.3, 0.4) is 0 Å². The standard InChI is InChI=1S/C19H12N6O/c1-2-4-13(5-3-1)19-23-22-17-8-9-18(24-25(17)19)26-14-6-7-15-16(12-14)21-11-10-20-15/h1-12H. The third-order valence-corrected chi connectivity index (χ3v) is 3.93. The van der Waals surface area contributed by atoms with E-state index in [4.69, 9.17) is 4.74 Å². The van der Waals surface area contributed by atoms with Crippen molar-refractivity contribution in [1.82, 2.24) is 29.8 Å². The molecule has 7 heteroatoms. The zero-order chi connectivity index (χ0) is 17.3. The van der Waals surface area contributed by atoms with Crippen LogP contribution >= 0.6 is 0 Å². The van der Waals surface area contributed by atoms with Gasteiger partial charge in [-0.3, -0.25) is 9.97 Å². The van der Waals surface area contributed by atoms with E-state index in [2.05, 4.69) is 25.3 Å². The van der Waals surface area contributed by atoms with E-state index in [-0.39, 0.29) is 0 Å². The fourth-order valence-corrected chi connectivity index (χ4v) is 2.72. The van der Waals surface area contributed by atoms with Crippen LogP contribution in [0.25, 0.3) is 28.1 Å². The topological polar surface area (TPSA) is 78.1 Å². The zero-order valence-corrected chi connectivity index (χ0v) is 13.5. The SMILES string of the molecule is c1ccc(-c2nnc3ccc(Oc4ccc5nccnc5c4)nn23)cc1. The molecule has 26 heavy (non-hydrogen) atoms. The van der Waals surface area contributed by atoms with Gasteiger partial charge in [-0.2, -0.15) is 4.52 Å². The maximum Gasteiger partial charge on any atom is 0.237 e. The van der Waals surface area contributed by atoms with Gasteiger partial charge in [0.1, 0.15) is 5.75 Å². The lowest BCUT2D eigenvalue weighted by molar-refractivity contribution is 0.453. The minimum atomic E-state index is 0.442. The summed E-state index contributed by atoms with van der Waals surface area (Å²) in [4.78, 5) is 8.55. The van der Waals surface area contributed by atoms with Crippen LogP contribution in [-0.4, -0.2) is 29.8 Å². The van der Waals surface area contributed by atoms with Gasteiger partial charge < -0.3 is 4.74 Å². The third-order valence-electron chi connectivity index (χ3n) is 3.93. The highest BCUT2D eigenvalue weighted by atomic mass is 16.5. The normalized spacial score (nSPS) is 11.1. The lowest BCUT2D eigenvalue weighted by Crippen LogP contribution is -1.98. The average molecular weight is 340 g/mol. The Balaban J connectivity index is 1.54. The van der Waals surface area contributed by atoms with Crippen molar-refractivity contribution in [2.45, 2.75) is 0 Å².